The molecular formula is C18H12Cl2F4N2O3. The lowest BCUT2D eigenvalue weighted by Gasteiger charge is -2.45. The fourth-order valence-electron chi connectivity index (χ4n) is 3.27. The highest BCUT2D eigenvalue weighted by atomic mass is 35.5. The van der Waals surface area contributed by atoms with E-state index in [1.807, 2.05) is 5.32 Å². The maximum absolute atomic E-state index is 14.5. The van der Waals surface area contributed by atoms with Crippen molar-refractivity contribution in [3.8, 4) is 0 Å². The van der Waals surface area contributed by atoms with Gasteiger partial charge in [-0.15, -0.1) is 0 Å². The molecule has 1 aliphatic rings. The minimum Gasteiger partial charge on any atom is -0.366 e. The second-order valence-electron chi connectivity index (χ2n) is 6.32. The van der Waals surface area contributed by atoms with Crippen molar-refractivity contribution in [2.45, 2.75) is 17.9 Å². The van der Waals surface area contributed by atoms with Gasteiger partial charge in [0.15, 0.2) is 5.72 Å². The SMILES string of the molecule is O=C1N[C@H](c2c(F)cccc2Cl)[C@H](C(=O)C(F)(F)F)[C@](O)(c2ccc(Cl)cc2)N1. The number of urea groups is 1. The van der Waals surface area contributed by atoms with E-state index in [1.54, 1.807) is 0 Å². The summed E-state index contributed by atoms with van der Waals surface area (Å²) in [4.78, 5) is 24.5. The summed E-state index contributed by atoms with van der Waals surface area (Å²) in [5, 5.41) is 15.0. The number of carbonyl (C=O) groups is 2. The molecule has 0 bridgehead atoms. The lowest BCUT2D eigenvalue weighted by molar-refractivity contribution is -0.190. The van der Waals surface area contributed by atoms with E-state index >= 15 is 0 Å². The molecule has 0 saturated carbocycles. The van der Waals surface area contributed by atoms with Crippen molar-refractivity contribution in [3.63, 3.8) is 0 Å². The van der Waals surface area contributed by atoms with Crippen molar-refractivity contribution in [1.82, 2.24) is 10.6 Å². The highest BCUT2D eigenvalue weighted by Crippen LogP contribution is 2.45. The second kappa shape index (κ2) is 7.47. The van der Waals surface area contributed by atoms with Gasteiger partial charge in [0.05, 0.1) is 6.04 Å². The van der Waals surface area contributed by atoms with Crippen molar-refractivity contribution >= 4 is 35.0 Å². The molecule has 3 N–H and O–H groups in total. The number of aliphatic hydroxyl groups is 1. The fourth-order valence-corrected chi connectivity index (χ4v) is 3.68. The van der Waals surface area contributed by atoms with Crippen LogP contribution in [0, 0.1) is 11.7 Å². The van der Waals surface area contributed by atoms with E-state index in [9.17, 15) is 32.3 Å². The molecule has 29 heavy (non-hydrogen) atoms. The molecule has 0 radical (unpaired) electrons. The van der Waals surface area contributed by atoms with E-state index < -0.39 is 47.1 Å². The van der Waals surface area contributed by atoms with Crippen molar-refractivity contribution in [3.05, 3.63) is 69.5 Å². The van der Waals surface area contributed by atoms with Crippen LogP contribution in [0.3, 0.4) is 0 Å². The number of halogens is 6. The van der Waals surface area contributed by atoms with E-state index in [2.05, 4.69) is 5.32 Å². The fraction of sp³-hybridized carbons (Fsp3) is 0.222. The minimum atomic E-state index is -5.40. The summed E-state index contributed by atoms with van der Waals surface area (Å²) in [6, 6.07) is 5.05. The number of Topliss-reactive ketones (excluding diaryl/α,β-unsaturated/α-hetero) is 1. The zero-order chi connectivity index (χ0) is 21.6. The highest BCUT2D eigenvalue weighted by Gasteiger charge is 2.59. The Balaban J connectivity index is 2.25. The Morgan fingerprint density at radius 3 is 2.28 bits per heavy atom. The Kier molecular flexibility index (Phi) is 5.50. The van der Waals surface area contributed by atoms with Crippen molar-refractivity contribution in [2.24, 2.45) is 5.92 Å². The molecule has 2 aromatic carbocycles. The van der Waals surface area contributed by atoms with Crippen LogP contribution in [-0.4, -0.2) is 23.1 Å². The van der Waals surface area contributed by atoms with Gasteiger partial charge in [0, 0.05) is 21.2 Å². The summed E-state index contributed by atoms with van der Waals surface area (Å²) < 4.78 is 54.6. The van der Waals surface area contributed by atoms with Crippen LogP contribution in [0.4, 0.5) is 22.4 Å². The van der Waals surface area contributed by atoms with E-state index in [0.717, 1.165) is 18.2 Å². The van der Waals surface area contributed by atoms with Crippen LogP contribution in [0.5, 0.6) is 0 Å². The van der Waals surface area contributed by atoms with E-state index in [1.165, 1.54) is 24.3 Å². The molecule has 0 aromatic heterocycles. The number of rotatable bonds is 3. The van der Waals surface area contributed by atoms with Crippen molar-refractivity contribution < 1.29 is 32.3 Å². The number of ketones is 1. The molecule has 0 unspecified atom stereocenters. The Labute approximate surface area is 171 Å². The predicted octanol–water partition coefficient (Wildman–Crippen LogP) is 4.08. The Bertz CT molecular complexity index is 948. The number of amides is 2. The molecular weight excluding hydrogens is 439 g/mol. The highest BCUT2D eigenvalue weighted by molar-refractivity contribution is 6.31. The molecule has 1 saturated heterocycles. The molecule has 0 spiro atoms. The van der Waals surface area contributed by atoms with E-state index in [0.29, 0.717) is 0 Å². The second-order valence-corrected chi connectivity index (χ2v) is 7.17. The van der Waals surface area contributed by atoms with Gasteiger partial charge in [-0.05, 0) is 24.3 Å². The van der Waals surface area contributed by atoms with Gasteiger partial charge in [-0.25, -0.2) is 9.18 Å². The van der Waals surface area contributed by atoms with Gasteiger partial charge in [0.2, 0.25) is 5.78 Å². The van der Waals surface area contributed by atoms with Gasteiger partial charge in [0.1, 0.15) is 11.7 Å². The average Bonchev–Trinajstić information content (AvgIpc) is 2.60. The number of hydrogen-bond acceptors (Lipinski definition) is 3. The molecule has 154 valence electrons. The molecule has 3 rings (SSSR count). The Morgan fingerprint density at radius 1 is 1.10 bits per heavy atom. The molecule has 5 nitrogen and oxygen atoms in total. The number of alkyl halides is 3. The van der Waals surface area contributed by atoms with Crippen LogP contribution in [0.25, 0.3) is 0 Å². The number of hydrogen-bond donors (Lipinski definition) is 3. The van der Waals surface area contributed by atoms with Crippen molar-refractivity contribution in [2.75, 3.05) is 0 Å². The van der Waals surface area contributed by atoms with Crippen LogP contribution in [-0.2, 0) is 10.5 Å². The first-order valence-electron chi connectivity index (χ1n) is 8.07. The molecule has 1 fully saturated rings. The summed E-state index contributed by atoms with van der Waals surface area (Å²) in [5.74, 6) is -5.83. The van der Waals surface area contributed by atoms with Crippen molar-refractivity contribution in [1.29, 1.82) is 0 Å². The summed E-state index contributed by atoms with van der Waals surface area (Å²) in [7, 11) is 0. The van der Waals surface area contributed by atoms with Gasteiger partial charge >= 0.3 is 12.2 Å². The molecule has 11 heteroatoms. The average molecular weight is 451 g/mol. The third kappa shape index (κ3) is 3.90. The number of carbonyl (C=O) groups excluding carboxylic acids is 2. The number of nitrogens with one attached hydrogen (secondary N) is 2. The molecule has 1 heterocycles. The molecule has 1 aliphatic heterocycles. The van der Waals surface area contributed by atoms with Gasteiger partial charge in [0.25, 0.3) is 0 Å². The maximum Gasteiger partial charge on any atom is 0.450 e. The zero-order valence-electron chi connectivity index (χ0n) is 14.2. The Morgan fingerprint density at radius 2 is 1.72 bits per heavy atom. The summed E-state index contributed by atoms with van der Waals surface area (Å²) in [6.45, 7) is 0. The van der Waals surface area contributed by atoms with E-state index in [4.69, 9.17) is 23.2 Å². The Hall–Kier alpha value is -2.36. The third-order valence-corrected chi connectivity index (χ3v) is 5.11. The first-order valence-corrected chi connectivity index (χ1v) is 8.83. The van der Waals surface area contributed by atoms with Gasteiger partial charge in [-0.3, -0.25) is 4.79 Å². The van der Waals surface area contributed by atoms with Crippen LogP contribution in [0.2, 0.25) is 10.0 Å². The standard InChI is InChI=1S/C18H12Cl2F4N2O3/c19-9-6-4-8(5-7-9)17(29)13(15(27)18(22,23)24)14(25-16(28)26-17)12-10(20)2-1-3-11(12)21/h1-7,13-14,29H,(H2,25,26,28)/t13-,14-,17-/m1/s1. The van der Waals surface area contributed by atoms with Crippen LogP contribution >= 0.6 is 23.2 Å². The molecule has 2 amide bonds. The van der Waals surface area contributed by atoms with Gasteiger partial charge in [-0.2, -0.15) is 13.2 Å². The van der Waals surface area contributed by atoms with E-state index in [-0.39, 0.29) is 15.6 Å². The zero-order valence-corrected chi connectivity index (χ0v) is 15.7. The lowest BCUT2D eigenvalue weighted by atomic mass is 9.76. The largest absolute Gasteiger partial charge is 0.450 e. The third-order valence-electron chi connectivity index (χ3n) is 4.53. The summed E-state index contributed by atoms with van der Waals surface area (Å²) in [5.41, 5.74) is -3.63. The first kappa shape index (κ1) is 21.4. The summed E-state index contributed by atoms with van der Waals surface area (Å²) >= 11 is 11.7. The lowest BCUT2D eigenvalue weighted by Crippen LogP contribution is -2.66. The predicted molar refractivity (Wildman–Crippen MR) is 95.7 cm³/mol. The molecule has 0 aliphatic carbocycles. The van der Waals surface area contributed by atoms with Gasteiger partial charge in [-0.1, -0.05) is 41.4 Å². The van der Waals surface area contributed by atoms with Gasteiger partial charge < -0.3 is 15.7 Å². The van der Waals surface area contributed by atoms with Crippen LogP contribution < -0.4 is 10.6 Å². The molecule has 3 atom stereocenters. The normalized spacial score (nSPS) is 24.6. The summed E-state index contributed by atoms with van der Waals surface area (Å²) in [6.07, 6.45) is -5.40. The topological polar surface area (TPSA) is 78.4 Å². The minimum absolute atomic E-state index is 0.199. The number of benzene rings is 2. The van der Waals surface area contributed by atoms with Crippen LogP contribution in [0.15, 0.2) is 42.5 Å². The maximum atomic E-state index is 14.5. The monoisotopic (exact) mass is 450 g/mol. The smallest absolute Gasteiger partial charge is 0.366 e. The first-order chi connectivity index (χ1) is 13.4. The quantitative estimate of drug-likeness (QED) is 0.616. The van der Waals surface area contributed by atoms with Crippen LogP contribution in [0.1, 0.15) is 17.2 Å². The molecule has 2 aromatic rings.